The number of esters is 1. The van der Waals surface area contributed by atoms with Gasteiger partial charge in [-0.1, -0.05) is 238 Å². The first-order valence-electron chi connectivity index (χ1n) is 29.2. The second kappa shape index (κ2) is 49.1. The minimum Gasteiger partial charge on any atom is -0.456 e. The fourth-order valence-corrected chi connectivity index (χ4v) is 9.32. The summed E-state index contributed by atoms with van der Waals surface area (Å²) in [6, 6.07) is -0.845. The van der Waals surface area contributed by atoms with E-state index in [1.165, 1.54) is 173 Å². The number of carbonyl (C=O) groups is 2. The minimum absolute atomic E-state index is 0.0419. The van der Waals surface area contributed by atoms with Gasteiger partial charge in [0.05, 0.1) is 33.8 Å². The molecular weight excluding hydrogens is 868 g/mol. The number of quaternary nitrogens is 1. The summed E-state index contributed by atoms with van der Waals surface area (Å²) < 4.78 is 30.6. The Labute approximate surface area is 422 Å². The smallest absolute Gasteiger partial charge is 0.456 e. The highest BCUT2D eigenvalue weighted by Crippen LogP contribution is 2.43. The van der Waals surface area contributed by atoms with Crippen LogP contribution in [0.25, 0.3) is 0 Å². The number of ether oxygens (including phenoxy) is 1. The Morgan fingerprint density at radius 2 is 0.853 bits per heavy atom. The van der Waals surface area contributed by atoms with Crippen LogP contribution < -0.4 is 5.32 Å². The van der Waals surface area contributed by atoms with Gasteiger partial charge in [0, 0.05) is 12.8 Å². The third-order valence-corrected chi connectivity index (χ3v) is 14.1. The molecule has 0 aliphatic carbocycles. The molecule has 10 heteroatoms. The molecule has 3 atom stereocenters. The van der Waals surface area contributed by atoms with Gasteiger partial charge in [0.2, 0.25) is 5.91 Å². The maximum Gasteiger partial charge on any atom is 0.472 e. The van der Waals surface area contributed by atoms with E-state index < -0.39 is 20.0 Å². The number of hydrogen-bond acceptors (Lipinski definition) is 6. The van der Waals surface area contributed by atoms with Crippen molar-refractivity contribution in [2.75, 3.05) is 40.9 Å². The number of carbonyl (C=O) groups excluding carboxylic acids is 2. The Balaban J connectivity index is 5.35. The molecule has 0 radical (unpaired) electrons. The molecule has 0 saturated carbocycles. The van der Waals surface area contributed by atoms with Crippen molar-refractivity contribution in [3.8, 4) is 0 Å². The Morgan fingerprint density at radius 1 is 0.500 bits per heavy atom. The number of allylic oxidation sites excluding steroid dienone is 3. The van der Waals surface area contributed by atoms with Gasteiger partial charge in [-0.05, 0) is 57.4 Å². The van der Waals surface area contributed by atoms with E-state index in [9.17, 15) is 19.0 Å². The molecule has 1 amide bonds. The molecule has 402 valence electrons. The zero-order chi connectivity index (χ0) is 50.1. The number of phosphoric acid groups is 1. The Hall–Kier alpha value is -1.51. The normalized spacial score (nSPS) is 13.9. The molecule has 0 spiro atoms. The van der Waals surface area contributed by atoms with Crippen molar-refractivity contribution in [1.29, 1.82) is 0 Å². The monoisotopic (exact) mass is 982 g/mol. The van der Waals surface area contributed by atoms with Gasteiger partial charge in [-0.25, -0.2) is 4.57 Å². The van der Waals surface area contributed by atoms with Gasteiger partial charge in [-0.2, -0.15) is 0 Å². The van der Waals surface area contributed by atoms with Gasteiger partial charge in [0.15, 0.2) is 0 Å². The SMILES string of the molecule is CCCCCCCCC/C=C/CCCCCCCC(=O)NC(COP(=O)(O)OCC[N+](C)(C)C)C(/C=C/CCCCCCCCCCCCC)OC(=O)CCCCCCCCCCCCCCC. The average molecular weight is 983 g/mol. The van der Waals surface area contributed by atoms with E-state index in [0.717, 1.165) is 77.0 Å². The first-order valence-corrected chi connectivity index (χ1v) is 30.7. The van der Waals surface area contributed by atoms with Crippen LogP contribution in [0.3, 0.4) is 0 Å². The number of rotatable bonds is 53. The van der Waals surface area contributed by atoms with Crippen molar-refractivity contribution in [2.45, 2.75) is 296 Å². The zero-order valence-electron chi connectivity index (χ0n) is 45.9. The lowest BCUT2D eigenvalue weighted by Crippen LogP contribution is -2.47. The Morgan fingerprint density at radius 3 is 1.25 bits per heavy atom. The molecule has 2 N–H and O–H groups in total. The van der Waals surface area contributed by atoms with Crippen LogP contribution in [0.4, 0.5) is 0 Å². The van der Waals surface area contributed by atoms with Crippen LogP contribution in [0.1, 0.15) is 284 Å². The molecule has 0 aliphatic rings. The highest BCUT2D eigenvalue weighted by molar-refractivity contribution is 7.47. The van der Waals surface area contributed by atoms with E-state index in [1.807, 2.05) is 33.3 Å². The lowest BCUT2D eigenvalue weighted by molar-refractivity contribution is -0.870. The van der Waals surface area contributed by atoms with E-state index in [2.05, 4.69) is 38.2 Å². The van der Waals surface area contributed by atoms with Crippen molar-refractivity contribution in [1.82, 2.24) is 5.32 Å². The first-order chi connectivity index (χ1) is 32.9. The molecule has 0 aromatic carbocycles. The number of amides is 1. The van der Waals surface area contributed by atoms with Gasteiger partial charge in [0.25, 0.3) is 0 Å². The van der Waals surface area contributed by atoms with Crippen molar-refractivity contribution < 1.29 is 37.3 Å². The summed E-state index contributed by atoms with van der Waals surface area (Å²) in [7, 11) is 1.50. The van der Waals surface area contributed by atoms with Crippen LogP contribution in [0, 0.1) is 0 Å². The molecule has 0 fully saturated rings. The second-order valence-electron chi connectivity index (χ2n) is 21.2. The lowest BCUT2D eigenvalue weighted by atomic mass is 10.0. The highest BCUT2D eigenvalue weighted by atomic mass is 31.2. The van der Waals surface area contributed by atoms with E-state index in [4.69, 9.17) is 13.8 Å². The average Bonchev–Trinajstić information content (AvgIpc) is 3.29. The number of nitrogens with zero attached hydrogens (tertiary/aromatic N) is 1. The van der Waals surface area contributed by atoms with Gasteiger partial charge >= 0.3 is 13.8 Å². The molecule has 0 aromatic heterocycles. The largest absolute Gasteiger partial charge is 0.472 e. The molecule has 68 heavy (non-hydrogen) atoms. The molecular formula is C58H114N2O7P+. The number of likely N-dealkylation sites (N-methyl/N-ethyl adjacent to an activating group) is 1. The predicted molar refractivity (Wildman–Crippen MR) is 291 cm³/mol. The maximum atomic E-state index is 13.5. The summed E-state index contributed by atoms with van der Waals surface area (Å²) in [5, 5.41) is 3.05. The number of unbranched alkanes of at least 4 members (excludes halogenated alkanes) is 35. The molecule has 9 nitrogen and oxygen atoms in total. The van der Waals surface area contributed by atoms with Crippen LogP contribution >= 0.6 is 7.82 Å². The van der Waals surface area contributed by atoms with E-state index in [0.29, 0.717) is 23.9 Å². The van der Waals surface area contributed by atoms with Gasteiger partial charge in [0.1, 0.15) is 19.3 Å². The fourth-order valence-electron chi connectivity index (χ4n) is 8.58. The summed E-state index contributed by atoms with van der Waals surface area (Å²) in [5.41, 5.74) is 0. The van der Waals surface area contributed by atoms with E-state index >= 15 is 0 Å². The van der Waals surface area contributed by atoms with E-state index in [-0.39, 0.29) is 25.1 Å². The molecule has 0 heterocycles. The van der Waals surface area contributed by atoms with E-state index in [1.54, 1.807) is 0 Å². The number of hydrogen-bond donors (Lipinski definition) is 2. The summed E-state index contributed by atoms with van der Waals surface area (Å²) in [5.74, 6) is -0.502. The third kappa shape index (κ3) is 49.5. The summed E-state index contributed by atoms with van der Waals surface area (Å²) >= 11 is 0. The highest BCUT2D eigenvalue weighted by Gasteiger charge is 2.30. The topological polar surface area (TPSA) is 111 Å². The molecule has 0 aliphatic heterocycles. The quantitative estimate of drug-likeness (QED) is 0.0205. The number of phosphoric ester groups is 1. The first kappa shape index (κ1) is 66.5. The van der Waals surface area contributed by atoms with Gasteiger partial charge in [-0.15, -0.1) is 0 Å². The summed E-state index contributed by atoms with van der Waals surface area (Å²) in [6.07, 6.45) is 55.9. The van der Waals surface area contributed by atoms with Crippen molar-refractivity contribution >= 4 is 19.7 Å². The van der Waals surface area contributed by atoms with Crippen molar-refractivity contribution in [3.05, 3.63) is 24.3 Å². The Kier molecular flexibility index (Phi) is 48.0. The molecule has 3 unspecified atom stereocenters. The second-order valence-corrected chi connectivity index (χ2v) is 22.6. The van der Waals surface area contributed by atoms with Crippen molar-refractivity contribution in [2.24, 2.45) is 0 Å². The van der Waals surface area contributed by atoms with Crippen LogP contribution in [0.5, 0.6) is 0 Å². The lowest BCUT2D eigenvalue weighted by Gasteiger charge is -2.27. The predicted octanol–water partition coefficient (Wildman–Crippen LogP) is 17.4. The molecule has 0 saturated heterocycles. The summed E-state index contributed by atoms with van der Waals surface area (Å²) in [6.45, 7) is 7.03. The number of nitrogens with one attached hydrogen (secondary N) is 1. The van der Waals surface area contributed by atoms with Gasteiger partial charge in [-0.3, -0.25) is 18.6 Å². The molecule has 0 bridgehead atoms. The third-order valence-electron chi connectivity index (χ3n) is 13.1. The standard InChI is InChI=1S/C58H113N2O7P/c1-7-10-13-16-19-22-25-28-29-30-33-35-38-41-44-47-50-57(61)59-55(54-66-68(63,64)65-53-52-60(4,5)6)56(49-46-43-40-37-34-31-26-23-20-17-14-11-8-2)67-58(62)51-48-45-42-39-36-32-27-24-21-18-15-12-9-3/h29-30,46,49,55-56H,7-28,31-45,47-48,50-54H2,1-6H3,(H-,59,61,63,64)/p+1/b30-29+,49-46+. The van der Waals surface area contributed by atoms with Gasteiger partial charge < -0.3 is 19.4 Å². The van der Waals surface area contributed by atoms with Crippen LogP contribution in [-0.4, -0.2) is 74.3 Å². The van der Waals surface area contributed by atoms with Crippen LogP contribution in [0.2, 0.25) is 0 Å². The Bertz CT molecular complexity index is 1220. The molecule has 0 rings (SSSR count). The minimum atomic E-state index is -4.44. The van der Waals surface area contributed by atoms with Crippen LogP contribution in [-0.2, 0) is 27.9 Å². The maximum absolute atomic E-state index is 13.5. The fraction of sp³-hybridized carbons (Fsp3) is 0.897. The van der Waals surface area contributed by atoms with Crippen LogP contribution in [0.15, 0.2) is 24.3 Å². The zero-order valence-corrected chi connectivity index (χ0v) is 46.8. The summed E-state index contributed by atoms with van der Waals surface area (Å²) in [4.78, 5) is 37.6. The molecule has 0 aromatic rings. The van der Waals surface area contributed by atoms with Crippen molar-refractivity contribution in [3.63, 3.8) is 0 Å².